The summed E-state index contributed by atoms with van der Waals surface area (Å²) < 4.78 is 0. The lowest BCUT2D eigenvalue weighted by molar-refractivity contribution is 0.0928. The van der Waals surface area contributed by atoms with Gasteiger partial charge < -0.3 is 10.6 Å². The van der Waals surface area contributed by atoms with Gasteiger partial charge in [-0.05, 0) is 43.2 Å². The molecule has 0 heterocycles. The number of anilines is 1. The maximum absolute atomic E-state index is 12.7. The van der Waals surface area contributed by atoms with E-state index in [0.717, 1.165) is 25.7 Å². The van der Waals surface area contributed by atoms with Gasteiger partial charge in [0.2, 0.25) is 0 Å². The van der Waals surface area contributed by atoms with Crippen molar-refractivity contribution >= 4 is 40.7 Å². The number of hydrogen-bond acceptors (Lipinski definition) is 2. The Morgan fingerprint density at radius 3 is 2.23 bits per heavy atom. The third-order valence-corrected chi connectivity index (χ3v) is 4.92. The summed E-state index contributed by atoms with van der Waals surface area (Å²) in [6.45, 7) is 0. The molecule has 2 N–H and O–H groups in total. The van der Waals surface area contributed by atoms with Crippen molar-refractivity contribution in [1.29, 1.82) is 0 Å². The van der Waals surface area contributed by atoms with Crippen molar-refractivity contribution in [3.05, 3.63) is 63.6 Å². The second-order valence-corrected chi connectivity index (χ2v) is 7.34. The highest BCUT2D eigenvalue weighted by Gasteiger charge is 2.19. The molecule has 136 valence electrons. The third-order valence-electron chi connectivity index (χ3n) is 4.49. The summed E-state index contributed by atoms with van der Waals surface area (Å²) in [5.74, 6) is -0.538. The monoisotopic (exact) mass is 390 g/mol. The van der Waals surface area contributed by atoms with Crippen LogP contribution in [0.5, 0.6) is 0 Å². The van der Waals surface area contributed by atoms with Gasteiger partial charge in [-0.25, -0.2) is 0 Å². The molecule has 2 aromatic rings. The molecular weight excluding hydrogens is 371 g/mol. The Morgan fingerprint density at radius 2 is 1.54 bits per heavy atom. The molecule has 1 aliphatic rings. The number of para-hydroxylation sites is 1. The van der Waals surface area contributed by atoms with E-state index in [4.69, 9.17) is 23.2 Å². The average molecular weight is 391 g/mol. The molecule has 1 aliphatic carbocycles. The van der Waals surface area contributed by atoms with Crippen LogP contribution in [0.3, 0.4) is 0 Å². The van der Waals surface area contributed by atoms with Gasteiger partial charge in [0.05, 0.1) is 11.3 Å². The van der Waals surface area contributed by atoms with Crippen molar-refractivity contribution in [3.8, 4) is 0 Å². The molecule has 1 fully saturated rings. The molecule has 6 heteroatoms. The zero-order valence-electron chi connectivity index (χ0n) is 14.2. The Morgan fingerprint density at radius 1 is 0.885 bits per heavy atom. The molecule has 0 radical (unpaired) electrons. The normalized spacial score (nSPS) is 14.7. The van der Waals surface area contributed by atoms with Crippen molar-refractivity contribution in [1.82, 2.24) is 5.32 Å². The number of amides is 2. The fraction of sp³-hybridized carbons (Fsp3) is 0.300. The zero-order valence-corrected chi connectivity index (χ0v) is 15.7. The molecule has 0 saturated heterocycles. The molecule has 2 amide bonds. The average Bonchev–Trinajstić information content (AvgIpc) is 2.62. The smallest absolute Gasteiger partial charge is 0.255 e. The zero-order chi connectivity index (χ0) is 18.5. The Labute approximate surface area is 162 Å². The molecule has 0 aliphatic heterocycles. The topological polar surface area (TPSA) is 58.2 Å². The fourth-order valence-electron chi connectivity index (χ4n) is 3.18. The van der Waals surface area contributed by atoms with Crippen LogP contribution >= 0.6 is 23.2 Å². The number of nitrogens with one attached hydrogen (secondary N) is 2. The summed E-state index contributed by atoms with van der Waals surface area (Å²) in [6.07, 6.45) is 5.50. The number of benzene rings is 2. The first-order valence-corrected chi connectivity index (χ1v) is 9.46. The van der Waals surface area contributed by atoms with Crippen LogP contribution in [-0.2, 0) is 0 Å². The first-order valence-electron chi connectivity index (χ1n) is 8.70. The van der Waals surface area contributed by atoms with Gasteiger partial charge in [-0.2, -0.15) is 0 Å². The van der Waals surface area contributed by atoms with Crippen molar-refractivity contribution in [3.63, 3.8) is 0 Å². The summed E-state index contributed by atoms with van der Waals surface area (Å²) in [5.41, 5.74) is 1.24. The van der Waals surface area contributed by atoms with E-state index in [1.165, 1.54) is 18.6 Å². The minimum atomic E-state index is -0.368. The fourth-order valence-corrected chi connectivity index (χ4v) is 3.71. The summed E-state index contributed by atoms with van der Waals surface area (Å²) >= 11 is 11.9. The van der Waals surface area contributed by atoms with Crippen molar-refractivity contribution in [2.45, 2.75) is 38.1 Å². The highest BCUT2D eigenvalue weighted by molar-refractivity contribution is 6.35. The number of hydrogen-bond donors (Lipinski definition) is 2. The van der Waals surface area contributed by atoms with Gasteiger partial charge in [0, 0.05) is 21.7 Å². The minimum absolute atomic E-state index is 0.170. The van der Waals surface area contributed by atoms with E-state index in [1.807, 2.05) is 0 Å². The van der Waals surface area contributed by atoms with E-state index in [1.54, 1.807) is 30.3 Å². The maximum atomic E-state index is 12.7. The van der Waals surface area contributed by atoms with Crippen LogP contribution in [0.4, 0.5) is 5.69 Å². The predicted octanol–water partition coefficient (Wildman–Crippen LogP) is 5.31. The molecule has 0 aromatic heterocycles. The Balaban J connectivity index is 1.76. The van der Waals surface area contributed by atoms with Gasteiger partial charge in [0.15, 0.2) is 0 Å². The van der Waals surface area contributed by atoms with Crippen LogP contribution in [0.25, 0.3) is 0 Å². The van der Waals surface area contributed by atoms with E-state index in [0.29, 0.717) is 26.9 Å². The lowest BCUT2D eigenvalue weighted by Gasteiger charge is -2.23. The van der Waals surface area contributed by atoms with Crippen LogP contribution in [0.2, 0.25) is 10.0 Å². The highest BCUT2D eigenvalue weighted by atomic mass is 35.5. The first-order chi connectivity index (χ1) is 12.5. The third kappa shape index (κ3) is 4.77. The maximum Gasteiger partial charge on any atom is 0.255 e. The van der Waals surface area contributed by atoms with E-state index >= 15 is 0 Å². The molecule has 4 nitrogen and oxygen atoms in total. The molecule has 0 unspecified atom stereocenters. The summed E-state index contributed by atoms with van der Waals surface area (Å²) in [7, 11) is 0. The second kappa shape index (κ2) is 8.56. The minimum Gasteiger partial charge on any atom is -0.349 e. The van der Waals surface area contributed by atoms with Gasteiger partial charge in [0.25, 0.3) is 11.8 Å². The molecule has 2 aromatic carbocycles. The quantitative estimate of drug-likeness (QED) is 0.742. The Bertz CT molecular complexity index is 797. The van der Waals surface area contributed by atoms with Gasteiger partial charge in [0.1, 0.15) is 0 Å². The highest BCUT2D eigenvalue weighted by Crippen LogP contribution is 2.22. The van der Waals surface area contributed by atoms with Gasteiger partial charge >= 0.3 is 0 Å². The Hall–Kier alpha value is -2.04. The SMILES string of the molecule is O=C(Nc1ccccc1C(=O)NC1CCCCC1)c1cc(Cl)cc(Cl)c1. The number of halogens is 2. The van der Waals surface area contributed by atoms with E-state index in [9.17, 15) is 9.59 Å². The van der Waals surface area contributed by atoms with Crippen LogP contribution in [0.1, 0.15) is 52.8 Å². The van der Waals surface area contributed by atoms with Crippen molar-refractivity contribution in [2.75, 3.05) is 5.32 Å². The van der Waals surface area contributed by atoms with Crippen LogP contribution in [0, 0.1) is 0 Å². The molecular formula is C20H20Cl2N2O2. The molecule has 1 saturated carbocycles. The molecule has 0 bridgehead atoms. The molecule has 3 rings (SSSR count). The van der Waals surface area contributed by atoms with Crippen molar-refractivity contribution < 1.29 is 9.59 Å². The molecule has 26 heavy (non-hydrogen) atoms. The number of carbonyl (C=O) groups is 2. The van der Waals surface area contributed by atoms with Crippen LogP contribution in [0.15, 0.2) is 42.5 Å². The van der Waals surface area contributed by atoms with E-state index in [-0.39, 0.29) is 17.9 Å². The number of rotatable bonds is 4. The van der Waals surface area contributed by atoms with Gasteiger partial charge in [-0.1, -0.05) is 54.6 Å². The summed E-state index contributed by atoms with van der Waals surface area (Å²) in [6, 6.07) is 11.8. The van der Waals surface area contributed by atoms with E-state index in [2.05, 4.69) is 10.6 Å². The van der Waals surface area contributed by atoms with Crippen molar-refractivity contribution in [2.24, 2.45) is 0 Å². The lowest BCUT2D eigenvalue weighted by Crippen LogP contribution is -2.36. The standard InChI is InChI=1S/C20H20Cl2N2O2/c21-14-10-13(11-15(22)12-14)19(25)24-18-9-5-4-8-17(18)20(26)23-16-6-2-1-3-7-16/h4-5,8-12,16H,1-3,6-7H2,(H,23,26)(H,24,25). The van der Waals surface area contributed by atoms with E-state index < -0.39 is 0 Å². The predicted molar refractivity (Wildman–Crippen MR) is 105 cm³/mol. The van der Waals surface area contributed by atoms with Crippen LogP contribution in [-0.4, -0.2) is 17.9 Å². The lowest BCUT2D eigenvalue weighted by atomic mass is 9.95. The number of carbonyl (C=O) groups excluding carboxylic acids is 2. The Kier molecular flexibility index (Phi) is 6.17. The largest absolute Gasteiger partial charge is 0.349 e. The summed E-state index contributed by atoms with van der Waals surface area (Å²) in [4.78, 5) is 25.2. The second-order valence-electron chi connectivity index (χ2n) is 6.47. The molecule has 0 spiro atoms. The van der Waals surface area contributed by atoms with Gasteiger partial charge in [-0.3, -0.25) is 9.59 Å². The molecule has 0 atom stereocenters. The summed E-state index contributed by atoms with van der Waals surface area (Å²) in [5, 5.41) is 6.62. The van der Waals surface area contributed by atoms with Gasteiger partial charge in [-0.15, -0.1) is 0 Å². The first kappa shape index (κ1) is 18.7. The van der Waals surface area contributed by atoms with Crippen LogP contribution < -0.4 is 10.6 Å².